The Balaban J connectivity index is 1.57. The molecule has 0 aromatic heterocycles. The largest absolute Gasteiger partial charge is 0.492 e. The van der Waals surface area contributed by atoms with Crippen LogP contribution in [0.2, 0.25) is 0 Å². The summed E-state index contributed by atoms with van der Waals surface area (Å²) >= 11 is 0. The highest BCUT2D eigenvalue weighted by molar-refractivity contribution is 7.92. The Labute approximate surface area is 208 Å². The van der Waals surface area contributed by atoms with E-state index in [1.54, 1.807) is 32.0 Å². The van der Waals surface area contributed by atoms with Crippen molar-refractivity contribution < 1.29 is 26.4 Å². The first-order valence-electron chi connectivity index (χ1n) is 11.5. The molecule has 1 saturated heterocycles. The van der Waals surface area contributed by atoms with Gasteiger partial charge in [-0.05, 0) is 75.1 Å². The lowest BCUT2D eigenvalue weighted by Crippen LogP contribution is -2.48. The van der Waals surface area contributed by atoms with E-state index in [2.05, 4.69) is 5.32 Å². The molecule has 1 amide bonds. The van der Waals surface area contributed by atoms with Crippen molar-refractivity contribution in [3.05, 3.63) is 53.6 Å². The minimum Gasteiger partial charge on any atom is -0.492 e. The molecular formula is C24H33N3O6S2. The van der Waals surface area contributed by atoms with Crippen LogP contribution in [0.15, 0.2) is 47.4 Å². The average Bonchev–Trinajstić information content (AvgIpc) is 3.34. The molecule has 0 aliphatic carbocycles. The standard InChI is InChI=1S/C24H33N3O6S2/c1-18-7-8-19(2)23(17-18)27(34(4,29)30)20(3)24(28)25-13-16-33-21-9-11-22(12-10-21)35(31,32)26-14-5-6-15-26/h7-12,17,20H,5-6,13-16H2,1-4H3,(H,25,28)/t20-/m0/s1. The van der Waals surface area contributed by atoms with E-state index < -0.39 is 32.0 Å². The quantitative estimate of drug-likeness (QED) is 0.479. The van der Waals surface area contributed by atoms with Gasteiger partial charge in [-0.2, -0.15) is 4.31 Å². The molecule has 0 radical (unpaired) electrons. The van der Waals surface area contributed by atoms with Gasteiger partial charge in [0.2, 0.25) is 26.0 Å². The number of carbonyl (C=O) groups is 1. The van der Waals surface area contributed by atoms with E-state index in [1.165, 1.54) is 16.4 Å². The van der Waals surface area contributed by atoms with Crippen molar-refractivity contribution in [1.82, 2.24) is 9.62 Å². The van der Waals surface area contributed by atoms with E-state index in [-0.39, 0.29) is 18.0 Å². The normalized spacial score (nSPS) is 15.5. The first-order valence-corrected chi connectivity index (χ1v) is 14.8. The molecule has 3 rings (SSSR count). The van der Waals surface area contributed by atoms with Crippen molar-refractivity contribution in [1.29, 1.82) is 0 Å². The Bertz CT molecular complexity index is 1250. The maximum absolute atomic E-state index is 12.7. The second-order valence-electron chi connectivity index (χ2n) is 8.75. The monoisotopic (exact) mass is 523 g/mol. The van der Waals surface area contributed by atoms with Crippen LogP contribution in [-0.2, 0) is 24.8 Å². The van der Waals surface area contributed by atoms with E-state index in [4.69, 9.17) is 4.74 Å². The Kier molecular flexibility index (Phi) is 8.45. The van der Waals surface area contributed by atoms with Gasteiger partial charge in [-0.15, -0.1) is 0 Å². The molecule has 9 nitrogen and oxygen atoms in total. The Morgan fingerprint density at radius 2 is 1.69 bits per heavy atom. The summed E-state index contributed by atoms with van der Waals surface area (Å²) in [7, 11) is -7.19. The molecule has 0 saturated carbocycles. The van der Waals surface area contributed by atoms with Gasteiger partial charge in [0.1, 0.15) is 18.4 Å². The minimum atomic E-state index is -3.71. The van der Waals surface area contributed by atoms with Crippen LogP contribution in [0.1, 0.15) is 30.9 Å². The fourth-order valence-electron chi connectivity index (χ4n) is 4.01. The second-order valence-corrected chi connectivity index (χ2v) is 12.5. The van der Waals surface area contributed by atoms with Crippen molar-refractivity contribution in [3.8, 4) is 5.75 Å². The van der Waals surface area contributed by atoms with E-state index in [9.17, 15) is 21.6 Å². The highest BCUT2D eigenvalue weighted by atomic mass is 32.2. The fourth-order valence-corrected chi connectivity index (χ4v) is 6.76. The van der Waals surface area contributed by atoms with Crippen LogP contribution in [0.25, 0.3) is 0 Å². The van der Waals surface area contributed by atoms with Crippen LogP contribution < -0.4 is 14.4 Å². The lowest BCUT2D eigenvalue weighted by atomic mass is 10.1. The van der Waals surface area contributed by atoms with Crippen molar-refractivity contribution in [2.45, 2.75) is 44.6 Å². The van der Waals surface area contributed by atoms with Crippen LogP contribution in [-0.4, -0.2) is 65.6 Å². The van der Waals surface area contributed by atoms with Gasteiger partial charge in [-0.3, -0.25) is 9.10 Å². The Hall–Kier alpha value is -2.63. The number of hydrogen-bond donors (Lipinski definition) is 1. The lowest BCUT2D eigenvalue weighted by Gasteiger charge is -2.29. The molecule has 1 N–H and O–H groups in total. The maximum atomic E-state index is 12.7. The topological polar surface area (TPSA) is 113 Å². The molecule has 35 heavy (non-hydrogen) atoms. The fraction of sp³-hybridized carbons (Fsp3) is 0.458. The van der Waals surface area contributed by atoms with Crippen LogP contribution in [0.5, 0.6) is 5.75 Å². The van der Waals surface area contributed by atoms with Crippen molar-refractivity contribution in [3.63, 3.8) is 0 Å². The van der Waals surface area contributed by atoms with Crippen LogP contribution in [0, 0.1) is 13.8 Å². The molecule has 1 aliphatic rings. The zero-order chi connectivity index (χ0) is 25.8. The smallest absolute Gasteiger partial charge is 0.243 e. The van der Waals surface area contributed by atoms with Crippen LogP contribution >= 0.6 is 0 Å². The number of nitrogens with one attached hydrogen (secondary N) is 1. The van der Waals surface area contributed by atoms with Crippen LogP contribution in [0.4, 0.5) is 5.69 Å². The van der Waals surface area contributed by atoms with Gasteiger partial charge in [0.15, 0.2) is 0 Å². The van der Waals surface area contributed by atoms with Crippen molar-refractivity contribution in [2.24, 2.45) is 0 Å². The molecule has 0 spiro atoms. The van der Waals surface area contributed by atoms with Gasteiger partial charge >= 0.3 is 0 Å². The average molecular weight is 524 g/mol. The minimum absolute atomic E-state index is 0.138. The number of nitrogens with zero attached hydrogens (tertiary/aromatic N) is 2. The van der Waals surface area contributed by atoms with Gasteiger partial charge in [-0.1, -0.05) is 12.1 Å². The van der Waals surface area contributed by atoms with Gasteiger partial charge in [-0.25, -0.2) is 16.8 Å². The summed E-state index contributed by atoms with van der Waals surface area (Å²) in [6.45, 7) is 6.57. The first-order chi connectivity index (χ1) is 16.4. The number of benzene rings is 2. The summed E-state index contributed by atoms with van der Waals surface area (Å²) in [5.41, 5.74) is 2.11. The third kappa shape index (κ3) is 6.53. The second kappa shape index (κ2) is 11.0. The summed E-state index contributed by atoms with van der Waals surface area (Å²) in [5.74, 6) is 0.0211. The maximum Gasteiger partial charge on any atom is 0.243 e. The Morgan fingerprint density at radius 3 is 2.29 bits per heavy atom. The molecule has 2 aromatic carbocycles. The van der Waals surface area contributed by atoms with Gasteiger partial charge in [0, 0.05) is 13.1 Å². The molecule has 1 atom stereocenters. The van der Waals surface area contributed by atoms with Gasteiger partial charge < -0.3 is 10.1 Å². The predicted molar refractivity (Wildman–Crippen MR) is 136 cm³/mol. The number of anilines is 1. The molecule has 0 unspecified atom stereocenters. The number of ether oxygens (including phenoxy) is 1. The summed E-state index contributed by atoms with van der Waals surface area (Å²) in [4.78, 5) is 13.0. The molecule has 2 aromatic rings. The van der Waals surface area contributed by atoms with Gasteiger partial charge in [0.25, 0.3) is 0 Å². The molecule has 1 aliphatic heterocycles. The molecule has 192 valence electrons. The number of sulfonamides is 2. The lowest BCUT2D eigenvalue weighted by molar-refractivity contribution is -0.121. The van der Waals surface area contributed by atoms with Crippen molar-refractivity contribution in [2.75, 3.05) is 36.8 Å². The zero-order valence-electron chi connectivity index (χ0n) is 20.5. The summed E-state index contributed by atoms with van der Waals surface area (Å²) < 4.78 is 58.5. The summed E-state index contributed by atoms with van der Waals surface area (Å²) in [6, 6.07) is 10.7. The van der Waals surface area contributed by atoms with Crippen molar-refractivity contribution >= 4 is 31.6 Å². The highest BCUT2D eigenvalue weighted by Gasteiger charge is 2.30. The third-order valence-electron chi connectivity index (χ3n) is 5.89. The molecular weight excluding hydrogens is 490 g/mol. The number of hydrogen-bond acceptors (Lipinski definition) is 6. The highest BCUT2D eigenvalue weighted by Crippen LogP contribution is 2.26. The SMILES string of the molecule is Cc1ccc(C)c(N([C@@H](C)C(=O)NCCOc2ccc(S(=O)(=O)N3CCCC3)cc2)S(C)(=O)=O)c1. The Morgan fingerprint density at radius 1 is 1.06 bits per heavy atom. The predicted octanol–water partition coefficient (Wildman–Crippen LogP) is 2.44. The van der Waals surface area contributed by atoms with E-state index in [1.807, 2.05) is 19.1 Å². The zero-order valence-corrected chi connectivity index (χ0v) is 22.2. The first kappa shape index (κ1) is 27.0. The summed E-state index contributed by atoms with van der Waals surface area (Å²) in [6.07, 6.45) is 2.82. The van der Waals surface area contributed by atoms with E-state index in [0.717, 1.165) is 34.5 Å². The van der Waals surface area contributed by atoms with Crippen LogP contribution in [0.3, 0.4) is 0 Å². The molecule has 0 bridgehead atoms. The van der Waals surface area contributed by atoms with Gasteiger partial charge in [0.05, 0.1) is 23.4 Å². The number of amides is 1. The molecule has 11 heteroatoms. The van der Waals surface area contributed by atoms with E-state index in [0.29, 0.717) is 24.5 Å². The third-order valence-corrected chi connectivity index (χ3v) is 9.03. The molecule has 1 fully saturated rings. The number of carbonyl (C=O) groups excluding carboxylic acids is 1. The number of aryl methyl sites for hydroxylation is 2. The van der Waals surface area contributed by atoms with E-state index >= 15 is 0 Å². The number of rotatable bonds is 10. The molecule has 1 heterocycles. The summed E-state index contributed by atoms with van der Waals surface area (Å²) in [5, 5.41) is 2.71.